The number of amides is 1. The first-order chi connectivity index (χ1) is 19.4. The van der Waals surface area contributed by atoms with Gasteiger partial charge in [-0.25, -0.2) is 4.79 Å². The van der Waals surface area contributed by atoms with Crippen molar-refractivity contribution < 1.29 is 19.4 Å². The van der Waals surface area contributed by atoms with Gasteiger partial charge < -0.3 is 20.1 Å². The van der Waals surface area contributed by atoms with Gasteiger partial charge in [-0.05, 0) is 72.6 Å². The molecule has 1 aliphatic rings. The Kier molecular flexibility index (Phi) is 8.78. The molecular formula is C32H28N2O4S2. The molecule has 4 aromatic carbocycles. The monoisotopic (exact) mass is 568 g/mol. The van der Waals surface area contributed by atoms with Gasteiger partial charge in [0.25, 0.3) is 5.91 Å². The maximum Gasteiger partial charge on any atom is 0.337 e. The first-order valence-corrected chi connectivity index (χ1v) is 14.2. The van der Waals surface area contributed by atoms with Crippen molar-refractivity contribution in [1.29, 1.82) is 0 Å². The Morgan fingerprint density at radius 1 is 0.900 bits per heavy atom. The third-order valence-corrected chi connectivity index (χ3v) is 8.04. The molecule has 0 radical (unpaired) electrons. The number of likely N-dealkylation sites (tertiary alicyclic amines) is 1. The van der Waals surface area contributed by atoms with Crippen LogP contribution >= 0.6 is 24.0 Å². The van der Waals surface area contributed by atoms with Crippen LogP contribution in [0, 0.1) is 0 Å². The molecule has 4 aromatic rings. The van der Waals surface area contributed by atoms with Crippen molar-refractivity contribution in [3.8, 4) is 11.5 Å². The van der Waals surface area contributed by atoms with Gasteiger partial charge in [-0.15, -0.1) is 11.8 Å². The summed E-state index contributed by atoms with van der Waals surface area (Å²) in [6, 6.07) is 31.8. The quantitative estimate of drug-likeness (QED) is 0.207. The number of nitrogens with one attached hydrogen (secondary N) is 1. The summed E-state index contributed by atoms with van der Waals surface area (Å²) in [4.78, 5) is 27.7. The number of rotatable bonds is 9. The van der Waals surface area contributed by atoms with E-state index in [0.29, 0.717) is 28.1 Å². The molecule has 0 aromatic heterocycles. The van der Waals surface area contributed by atoms with Gasteiger partial charge in [0.1, 0.15) is 11.5 Å². The smallest absolute Gasteiger partial charge is 0.337 e. The van der Waals surface area contributed by atoms with Crippen molar-refractivity contribution in [2.75, 3.05) is 18.4 Å². The van der Waals surface area contributed by atoms with Gasteiger partial charge in [0.2, 0.25) is 0 Å². The van der Waals surface area contributed by atoms with Crippen LogP contribution in [-0.2, 0) is 6.42 Å². The SMILES string of the molecule is O=C(O)c1ccccc1NC(=S)Cc1ccc(Oc2ccc(S[C@@H]3CCN(C(=O)c4ccccc4)C3)cc2)cc1. The van der Waals surface area contributed by atoms with E-state index in [-0.39, 0.29) is 11.5 Å². The average Bonchev–Trinajstić information content (AvgIpc) is 3.44. The minimum absolute atomic E-state index is 0.0973. The van der Waals surface area contributed by atoms with E-state index in [1.165, 1.54) is 0 Å². The van der Waals surface area contributed by atoms with Crippen molar-refractivity contribution in [1.82, 2.24) is 4.90 Å². The number of carboxylic acids is 1. The fraction of sp³-hybridized carbons (Fsp3) is 0.156. The van der Waals surface area contributed by atoms with Gasteiger partial charge in [-0.3, -0.25) is 4.79 Å². The third kappa shape index (κ3) is 7.08. The van der Waals surface area contributed by atoms with Crippen molar-refractivity contribution >= 4 is 46.5 Å². The number of carboxylic acid groups (broad SMARTS) is 1. The summed E-state index contributed by atoms with van der Waals surface area (Å²) in [5.41, 5.74) is 2.39. The van der Waals surface area contributed by atoms with Crippen LogP contribution in [0.1, 0.15) is 32.7 Å². The number of carbonyl (C=O) groups excluding carboxylic acids is 1. The molecule has 1 amide bonds. The standard InChI is InChI=1S/C32H28N2O4S2/c35-31(23-6-2-1-3-7-23)34-19-18-27(21-34)40-26-16-14-25(15-17-26)38-24-12-10-22(11-13-24)20-30(39)33-29-9-5-4-8-28(29)32(36)37/h1-17,27H,18-21H2,(H,33,39)(H,36,37)/t27-/m1/s1. The zero-order valence-corrected chi connectivity index (χ0v) is 23.3. The molecular weight excluding hydrogens is 540 g/mol. The highest BCUT2D eigenvalue weighted by Gasteiger charge is 2.27. The van der Waals surface area contributed by atoms with E-state index in [1.807, 2.05) is 71.6 Å². The Hall–Kier alpha value is -4.14. The molecule has 1 aliphatic heterocycles. The zero-order chi connectivity index (χ0) is 27.9. The second kappa shape index (κ2) is 12.8. The highest BCUT2D eigenvalue weighted by Crippen LogP contribution is 2.32. The number of hydrogen-bond donors (Lipinski definition) is 2. The maximum atomic E-state index is 12.7. The fourth-order valence-electron chi connectivity index (χ4n) is 4.52. The van der Waals surface area contributed by atoms with Crippen LogP contribution in [-0.4, -0.2) is 45.2 Å². The van der Waals surface area contributed by atoms with E-state index in [4.69, 9.17) is 17.0 Å². The number of carbonyl (C=O) groups is 2. The molecule has 1 atom stereocenters. The Morgan fingerprint density at radius 2 is 1.55 bits per heavy atom. The summed E-state index contributed by atoms with van der Waals surface area (Å²) in [6.07, 6.45) is 1.45. The zero-order valence-electron chi connectivity index (χ0n) is 21.7. The normalized spacial score (nSPS) is 14.5. The molecule has 40 heavy (non-hydrogen) atoms. The summed E-state index contributed by atoms with van der Waals surface area (Å²) in [5, 5.41) is 12.8. The van der Waals surface area contributed by atoms with Crippen LogP contribution in [0.4, 0.5) is 5.69 Å². The number of anilines is 1. The second-order valence-electron chi connectivity index (χ2n) is 9.44. The molecule has 202 valence electrons. The highest BCUT2D eigenvalue weighted by atomic mass is 32.2. The van der Waals surface area contributed by atoms with E-state index in [1.54, 1.807) is 36.0 Å². The van der Waals surface area contributed by atoms with Crippen LogP contribution in [0.15, 0.2) is 108 Å². The van der Waals surface area contributed by atoms with E-state index >= 15 is 0 Å². The predicted molar refractivity (Wildman–Crippen MR) is 163 cm³/mol. The molecule has 0 bridgehead atoms. The number of thiocarbonyl (C=S) groups is 1. The van der Waals surface area contributed by atoms with Crippen LogP contribution in [0.3, 0.4) is 0 Å². The van der Waals surface area contributed by atoms with Gasteiger partial charge in [0.15, 0.2) is 0 Å². The highest BCUT2D eigenvalue weighted by molar-refractivity contribution is 8.00. The first-order valence-electron chi connectivity index (χ1n) is 12.9. The number of benzene rings is 4. The molecule has 8 heteroatoms. The predicted octanol–water partition coefficient (Wildman–Crippen LogP) is 7.17. The van der Waals surface area contributed by atoms with E-state index < -0.39 is 5.97 Å². The van der Waals surface area contributed by atoms with Gasteiger partial charge in [-0.2, -0.15) is 0 Å². The molecule has 0 saturated carbocycles. The maximum absolute atomic E-state index is 12.7. The lowest BCUT2D eigenvalue weighted by atomic mass is 10.1. The Labute approximate surface area is 243 Å². The Morgan fingerprint density at radius 3 is 2.25 bits per heavy atom. The number of para-hydroxylation sites is 1. The number of thioether (sulfide) groups is 1. The lowest BCUT2D eigenvalue weighted by Crippen LogP contribution is -2.28. The van der Waals surface area contributed by atoms with Crippen LogP contribution in [0.25, 0.3) is 0 Å². The average molecular weight is 569 g/mol. The van der Waals surface area contributed by atoms with Crippen molar-refractivity contribution in [2.24, 2.45) is 0 Å². The molecule has 1 fully saturated rings. The minimum Gasteiger partial charge on any atom is -0.478 e. The second-order valence-corrected chi connectivity index (χ2v) is 11.3. The van der Waals surface area contributed by atoms with Crippen molar-refractivity contribution in [2.45, 2.75) is 23.0 Å². The third-order valence-electron chi connectivity index (χ3n) is 6.53. The van der Waals surface area contributed by atoms with Crippen LogP contribution in [0.2, 0.25) is 0 Å². The topological polar surface area (TPSA) is 78.9 Å². The summed E-state index contributed by atoms with van der Waals surface area (Å²) < 4.78 is 6.02. The number of nitrogens with zero attached hydrogens (tertiary/aromatic N) is 1. The van der Waals surface area contributed by atoms with Gasteiger partial charge in [0, 0.05) is 35.2 Å². The largest absolute Gasteiger partial charge is 0.478 e. The van der Waals surface area contributed by atoms with E-state index in [0.717, 1.165) is 41.3 Å². The molecule has 2 N–H and O–H groups in total. The number of hydrogen-bond acceptors (Lipinski definition) is 5. The van der Waals surface area contributed by atoms with Crippen molar-refractivity contribution in [3.05, 3.63) is 120 Å². The lowest BCUT2D eigenvalue weighted by molar-refractivity contribution is 0.0697. The van der Waals surface area contributed by atoms with Crippen LogP contribution < -0.4 is 10.1 Å². The Balaban J connectivity index is 1.10. The molecule has 6 nitrogen and oxygen atoms in total. The molecule has 5 rings (SSSR count). The molecule has 1 saturated heterocycles. The summed E-state index contributed by atoms with van der Waals surface area (Å²) in [7, 11) is 0. The molecule has 1 heterocycles. The van der Waals surface area contributed by atoms with E-state index in [2.05, 4.69) is 17.4 Å². The van der Waals surface area contributed by atoms with Gasteiger partial charge in [0.05, 0.1) is 16.2 Å². The number of aromatic carboxylic acids is 1. The van der Waals surface area contributed by atoms with Gasteiger partial charge >= 0.3 is 5.97 Å². The lowest BCUT2D eigenvalue weighted by Gasteiger charge is -2.16. The molecule has 0 spiro atoms. The minimum atomic E-state index is -1.00. The van der Waals surface area contributed by atoms with E-state index in [9.17, 15) is 14.7 Å². The van der Waals surface area contributed by atoms with Gasteiger partial charge in [-0.1, -0.05) is 54.7 Å². The fourth-order valence-corrected chi connectivity index (χ4v) is 5.95. The Bertz CT molecular complexity index is 1490. The summed E-state index contributed by atoms with van der Waals surface area (Å²) in [6.45, 7) is 1.52. The van der Waals surface area contributed by atoms with Crippen molar-refractivity contribution in [3.63, 3.8) is 0 Å². The first kappa shape index (κ1) is 27.4. The molecule has 0 aliphatic carbocycles. The summed E-state index contributed by atoms with van der Waals surface area (Å²) in [5.74, 6) is 0.552. The number of ether oxygens (including phenoxy) is 1. The molecule has 0 unspecified atom stereocenters. The van der Waals surface area contributed by atoms with Crippen LogP contribution in [0.5, 0.6) is 11.5 Å². The summed E-state index contributed by atoms with van der Waals surface area (Å²) >= 11 is 7.24.